The second kappa shape index (κ2) is 4.74. The van der Waals surface area contributed by atoms with E-state index in [2.05, 4.69) is 5.10 Å². The van der Waals surface area contributed by atoms with E-state index in [1.54, 1.807) is 17.0 Å². The van der Waals surface area contributed by atoms with Gasteiger partial charge < -0.3 is 9.32 Å². The molecule has 100 valence electrons. The average Bonchev–Trinajstić information content (AvgIpc) is 3.07. The van der Waals surface area contributed by atoms with Crippen molar-refractivity contribution in [3.63, 3.8) is 0 Å². The maximum Gasteiger partial charge on any atom is 0.289 e. The van der Waals surface area contributed by atoms with Crippen molar-refractivity contribution in [2.24, 2.45) is 0 Å². The van der Waals surface area contributed by atoms with Crippen molar-refractivity contribution in [3.05, 3.63) is 41.1 Å². The van der Waals surface area contributed by atoms with Crippen LogP contribution in [0.15, 0.2) is 28.9 Å². The summed E-state index contributed by atoms with van der Waals surface area (Å²) in [6, 6.07) is 3.43. The van der Waals surface area contributed by atoms with Gasteiger partial charge in [0, 0.05) is 19.3 Å². The predicted molar refractivity (Wildman–Crippen MR) is 70.2 cm³/mol. The van der Waals surface area contributed by atoms with Crippen molar-refractivity contribution in [1.29, 1.82) is 0 Å². The molecule has 0 N–H and O–H groups in total. The fourth-order valence-corrected chi connectivity index (χ4v) is 2.51. The number of rotatable bonds is 2. The third kappa shape index (κ3) is 2.38. The molecule has 1 fully saturated rings. The van der Waals surface area contributed by atoms with E-state index in [0.29, 0.717) is 18.8 Å². The molecule has 19 heavy (non-hydrogen) atoms. The number of nitrogens with zero attached hydrogens (tertiary/aromatic N) is 3. The van der Waals surface area contributed by atoms with Crippen molar-refractivity contribution < 1.29 is 9.21 Å². The van der Waals surface area contributed by atoms with Gasteiger partial charge >= 0.3 is 0 Å². The van der Waals surface area contributed by atoms with Crippen LogP contribution in [0, 0.1) is 6.92 Å². The molecule has 0 spiro atoms. The number of amides is 1. The molecule has 0 aliphatic carbocycles. The van der Waals surface area contributed by atoms with Gasteiger partial charge in [-0.15, -0.1) is 0 Å². The Morgan fingerprint density at radius 3 is 3.00 bits per heavy atom. The molecule has 0 aromatic carbocycles. The number of aromatic nitrogens is 2. The first-order valence-electron chi connectivity index (χ1n) is 6.19. The normalized spacial score (nSPS) is 19.1. The zero-order valence-electron chi connectivity index (χ0n) is 10.5. The molecule has 1 aliphatic rings. The van der Waals surface area contributed by atoms with Gasteiger partial charge in [0.25, 0.3) is 5.91 Å². The zero-order valence-corrected chi connectivity index (χ0v) is 11.3. The van der Waals surface area contributed by atoms with Crippen LogP contribution in [0.2, 0.25) is 5.22 Å². The number of likely N-dealkylation sites (tertiary alicyclic amines) is 1. The monoisotopic (exact) mass is 279 g/mol. The number of carbonyl (C=O) groups excluding carboxylic acids is 1. The summed E-state index contributed by atoms with van der Waals surface area (Å²) in [5.74, 6) is 0.181. The highest BCUT2D eigenvalue weighted by Crippen LogP contribution is 2.24. The van der Waals surface area contributed by atoms with E-state index in [1.807, 2.05) is 24.0 Å². The van der Waals surface area contributed by atoms with Gasteiger partial charge in [0.1, 0.15) is 0 Å². The molecule has 1 amide bonds. The number of furan rings is 1. The smallest absolute Gasteiger partial charge is 0.289 e. The second-order valence-corrected chi connectivity index (χ2v) is 5.17. The molecule has 5 nitrogen and oxygen atoms in total. The Hall–Kier alpha value is -1.75. The van der Waals surface area contributed by atoms with Gasteiger partial charge in [0.05, 0.1) is 12.2 Å². The lowest BCUT2D eigenvalue weighted by Gasteiger charge is -2.15. The summed E-state index contributed by atoms with van der Waals surface area (Å²) in [6.07, 6.45) is 4.74. The van der Waals surface area contributed by atoms with Gasteiger partial charge in [-0.05, 0) is 42.6 Å². The molecule has 2 aromatic heterocycles. The van der Waals surface area contributed by atoms with Gasteiger partial charge in [0.2, 0.25) is 0 Å². The summed E-state index contributed by atoms with van der Waals surface area (Å²) in [4.78, 5) is 14.0. The Kier molecular flexibility index (Phi) is 3.06. The summed E-state index contributed by atoms with van der Waals surface area (Å²) < 4.78 is 7.08. The molecule has 0 radical (unpaired) electrons. The van der Waals surface area contributed by atoms with Crippen LogP contribution in [-0.2, 0) is 0 Å². The minimum atomic E-state index is -0.113. The summed E-state index contributed by atoms with van der Waals surface area (Å²) in [5.41, 5.74) is 1.13. The lowest BCUT2D eigenvalue weighted by molar-refractivity contribution is 0.0755. The van der Waals surface area contributed by atoms with Crippen LogP contribution < -0.4 is 0 Å². The highest BCUT2D eigenvalue weighted by atomic mass is 35.5. The first kappa shape index (κ1) is 12.3. The molecule has 1 atom stereocenters. The fourth-order valence-electron chi connectivity index (χ4n) is 2.36. The Morgan fingerprint density at radius 1 is 1.53 bits per heavy atom. The highest BCUT2D eigenvalue weighted by molar-refractivity contribution is 6.29. The third-order valence-corrected chi connectivity index (χ3v) is 3.54. The summed E-state index contributed by atoms with van der Waals surface area (Å²) in [6.45, 7) is 3.37. The average molecular weight is 280 g/mol. The Balaban J connectivity index is 1.70. The molecule has 2 aromatic rings. The topological polar surface area (TPSA) is 51.3 Å². The molecule has 1 aliphatic heterocycles. The van der Waals surface area contributed by atoms with Gasteiger partial charge in [-0.25, -0.2) is 0 Å². The fraction of sp³-hybridized carbons (Fsp3) is 0.385. The first-order chi connectivity index (χ1) is 9.13. The number of carbonyl (C=O) groups is 1. The second-order valence-electron chi connectivity index (χ2n) is 4.80. The van der Waals surface area contributed by atoms with Crippen LogP contribution in [-0.4, -0.2) is 33.7 Å². The highest BCUT2D eigenvalue weighted by Gasteiger charge is 2.29. The molecule has 1 saturated heterocycles. The van der Waals surface area contributed by atoms with E-state index in [9.17, 15) is 4.79 Å². The molecule has 6 heteroatoms. The number of halogens is 1. The van der Waals surface area contributed by atoms with Gasteiger partial charge in [-0.3, -0.25) is 9.48 Å². The van der Waals surface area contributed by atoms with Crippen LogP contribution >= 0.6 is 11.6 Å². The standard InChI is InChI=1S/C13H14ClN3O2/c1-9-6-15-17(7-9)10-4-5-16(8-10)13(18)11-2-3-12(14)19-11/h2-3,6-7,10H,4-5,8H2,1H3. The number of hydrogen-bond donors (Lipinski definition) is 0. The van der Waals surface area contributed by atoms with E-state index in [1.165, 1.54) is 0 Å². The molecular formula is C13H14ClN3O2. The molecule has 0 bridgehead atoms. The van der Waals surface area contributed by atoms with Crippen LogP contribution in [0.1, 0.15) is 28.6 Å². The van der Waals surface area contributed by atoms with Crippen molar-refractivity contribution in [2.75, 3.05) is 13.1 Å². The van der Waals surface area contributed by atoms with Crippen LogP contribution in [0.4, 0.5) is 0 Å². The molecule has 0 saturated carbocycles. The summed E-state index contributed by atoms with van der Waals surface area (Å²) in [7, 11) is 0. The number of aryl methyl sites for hydroxylation is 1. The lowest BCUT2D eigenvalue weighted by atomic mass is 10.3. The van der Waals surface area contributed by atoms with Crippen molar-refractivity contribution >= 4 is 17.5 Å². The van der Waals surface area contributed by atoms with E-state index >= 15 is 0 Å². The maximum absolute atomic E-state index is 12.2. The molecule has 3 heterocycles. The Bertz CT molecular complexity index is 605. The minimum absolute atomic E-state index is 0.113. The van der Waals surface area contributed by atoms with E-state index in [0.717, 1.165) is 12.0 Å². The van der Waals surface area contributed by atoms with Crippen molar-refractivity contribution in [1.82, 2.24) is 14.7 Å². The number of hydrogen-bond acceptors (Lipinski definition) is 3. The third-order valence-electron chi connectivity index (χ3n) is 3.34. The van der Waals surface area contributed by atoms with E-state index < -0.39 is 0 Å². The maximum atomic E-state index is 12.2. The van der Waals surface area contributed by atoms with E-state index in [4.69, 9.17) is 16.0 Å². The zero-order chi connectivity index (χ0) is 13.4. The van der Waals surface area contributed by atoms with Crippen LogP contribution in [0.25, 0.3) is 0 Å². The Labute approximate surface area is 115 Å². The molecular weight excluding hydrogens is 266 g/mol. The van der Waals surface area contributed by atoms with Crippen LogP contribution in [0.3, 0.4) is 0 Å². The predicted octanol–water partition coefficient (Wildman–Crippen LogP) is 2.53. The largest absolute Gasteiger partial charge is 0.440 e. The van der Waals surface area contributed by atoms with Gasteiger partial charge in [0.15, 0.2) is 11.0 Å². The van der Waals surface area contributed by atoms with Crippen molar-refractivity contribution in [2.45, 2.75) is 19.4 Å². The lowest BCUT2D eigenvalue weighted by Crippen LogP contribution is -2.28. The Morgan fingerprint density at radius 2 is 2.37 bits per heavy atom. The first-order valence-corrected chi connectivity index (χ1v) is 6.56. The van der Waals surface area contributed by atoms with Gasteiger partial charge in [-0.2, -0.15) is 5.10 Å². The van der Waals surface area contributed by atoms with E-state index in [-0.39, 0.29) is 17.2 Å². The summed E-state index contributed by atoms with van der Waals surface area (Å²) in [5, 5.41) is 4.54. The minimum Gasteiger partial charge on any atom is -0.440 e. The SMILES string of the molecule is Cc1cnn(C2CCN(C(=O)c3ccc(Cl)o3)C2)c1. The van der Waals surface area contributed by atoms with Crippen molar-refractivity contribution in [3.8, 4) is 0 Å². The molecule has 3 rings (SSSR count). The molecule has 1 unspecified atom stereocenters. The summed E-state index contributed by atoms with van der Waals surface area (Å²) >= 11 is 5.69. The van der Waals surface area contributed by atoms with Gasteiger partial charge in [-0.1, -0.05) is 0 Å². The van der Waals surface area contributed by atoms with Crippen LogP contribution in [0.5, 0.6) is 0 Å². The quantitative estimate of drug-likeness (QED) is 0.849.